The van der Waals surface area contributed by atoms with Crippen molar-refractivity contribution in [3.05, 3.63) is 23.5 Å². The van der Waals surface area contributed by atoms with E-state index in [1.54, 1.807) is 12.1 Å². The fraction of sp³-hybridized carbons (Fsp3) is 0.455. The zero-order valence-corrected chi connectivity index (χ0v) is 10.2. The molecule has 4 nitrogen and oxygen atoms in total. The predicted octanol–water partition coefficient (Wildman–Crippen LogP) is 2.19. The van der Waals surface area contributed by atoms with Gasteiger partial charge in [-0.05, 0) is 25.0 Å². The van der Waals surface area contributed by atoms with Crippen molar-refractivity contribution in [2.24, 2.45) is 5.73 Å². The van der Waals surface area contributed by atoms with Crippen LogP contribution < -0.4 is 11.1 Å². The summed E-state index contributed by atoms with van der Waals surface area (Å²) in [5, 5.41) is 3.12. The normalized spacial score (nSPS) is 11.2. The highest BCUT2D eigenvalue weighted by Gasteiger charge is 2.29. The van der Waals surface area contributed by atoms with E-state index in [1.165, 1.54) is 6.20 Å². The van der Waals surface area contributed by atoms with Gasteiger partial charge >= 0.3 is 0 Å². The van der Waals surface area contributed by atoms with Crippen LogP contribution in [-0.4, -0.2) is 16.4 Å². The minimum absolute atomic E-state index is 0.193. The minimum atomic E-state index is -0.820. The summed E-state index contributed by atoms with van der Waals surface area (Å²) in [5.41, 5.74) is 5.74. The number of carbonyl (C=O) groups excluding carboxylic acids is 1. The maximum absolute atomic E-state index is 11.9. The number of rotatable bonds is 4. The smallest absolute Gasteiger partial charge is 0.244 e. The van der Waals surface area contributed by atoms with Crippen LogP contribution in [0.5, 0.6) is 0 Å². The van der Waals surface area contributed by atoms with Gasteiger partial charge < -0.3 is 11.1 Å². The second-order valence-corrected chi connectivity index (χ2v) is 4.07. The van der Waals surface area contributed by atoms with Gasteiger partial charge in [0.05, 0.1) is 17.4 Å². The Balaban J connectivity index is 2.74. The molecule has 5 heteroatoms. The molecular formula is C11H16ClN3O. The van der Waals surface area contributed by atoms with Gasteiger partial charge in [-0.1, -0.05) is 25.4 Å². The molecule has 16 heavy (non-hydrogen) atoms. The number of carbonyl (C=O) groups is 1. The maximum atomic E-state index is 11.9. The quantitative estimate of drug-likeness (QED) is 0.794. The average molecular weight is 242 g/mol. The maximum Gasteiger partial charge on any atom is 0.244 e. The van der Waals surface area contributed by atoms with E-state index in [9.17, 15) is 4.79 Å². The number of aromatic nitrogens is 1. The van der Waals surface area contributed by atoms with E-state index in [2.05, 4.69) is 10.3 Å². The van der Waals surface area contributed by atoms with Crippen molar-refractivity contribution in [3.63, 3.8) is 0 Å². The van der Waals surface area contributed by atoms with Crippen LogP contribution in [0.2, 0.25) is 5.15 Å². The molecular weight excluding hydrogens is 226 g/mol. The van der Waals surface area contributed by atoms with Crippen LogP contribution >= 0.6 is 11.6 Å². The number of pyridine rings is 1. The zero-order chi connectivity index (χ0) is 12.2. The molecule has 0 spiro atoms. The molecule has 0 aliphatic rings. The van der Waals surface area contributed by atoms with Crippen molar-refractivity contribution in [2.45, 2.75) is 32.2 Å². The summed E-state index contributed by atoms with van der Waals surface area (Å²) in [6, 6.07) is 3.31. The molecule has 0 saturated carbocycles. The number of nitrogens with zero attached hydrogens (tertiary/aromatic N) is 1. The van der Waals surface area contributed by atoms with Crippen molar-refractivity contribution in [1.82, 2.24) is 4.98 Å². The monoisotopic (exact) mass is 241 g/mol. The molecule has 0 aliphatic heterocycles. The van der Waals surface area contributed by atoms with Gasteiger partial charge in [0.2, 0.25) is 5.91 Å². The van der Waals surface area contributed by atoms with Gasteiger partial charge in [-0.2, -0.15) is 0 Å². The first kappa shape index (κ1) is 12.9. The Labute approximate surface area is 100 Å². The largest absolute Gasteiger partial charge is 0.323 e. The van der Waals surface area contributed by atoms with Crippen molar-refractivity contribution >= 4 is 23.2 Å². The van der Waals surface area contributed by atoms with Crippen LogP contribution in [0.3, 0.4) is 0 Å². The highest BCUT2D eigenvalue weighted by molar-refractivity contribution is 6.29. The molecule has 0 aliphatic carbocycles. The van der Waals surface area contributed by atoms with Gasteiger partial charge in [-0.15, -0.1) is 0 Å². The summed E-state index contributed by atoms with van der Waals surface area (Å²) in [6.45, 7) is 3.78. The number of nitrogens with two attached hydrogens (primary N) is 1. The molecule has 0 radical (unpaired) electrons. The zero-order valence-electron chi connectivity index (χ0n) is 9.46. The fourth-order valence-electron chi connectivity index (χ4n) is 1.28. The van der Waals surface area contributed by atoms with E-state index < -0.39 is 5.54 Å². The van der Waals surface area contributed by atoms with Crippen LogP contribution in [0.1, 0.15) is 26.7 Å². The lowest BCUT2D eigenvalue weighted by molar-refractivity contribution is -0.121. The van der Waals surface area contributed by atoms with Crippen LogP contribution in [0.4, 0.5) is 5.69 Å². The first-order valence-electron chi connectivity index (χ1n) is 5.23. The molecule has 0 atom stereocenters. The minimum Gasteiger partial charge on any atom is -0.323 e. The summed E-state index contributed by atoms with van der Waals surface area (Å²) in [7, 11) is 0. The third kappa shape index (κ3) is 2.93. The van der Waals surface area contributed by atoms with Crippen LogP contribution in [0.15, 0.2) is 18.3 Å². The molecule has 0 unspecified atom stereocenters. The Morgan fingerprint density at radius 3 is 2.56 bits per heavy atom. The molecule has 1 aromatic rings. The lowest BCUT2D eigenvalue weighted by Gasteiger charge is -2.25. The van der Waals surface area contributed by atoms with E-state index in [-0.39, 0.29) is 5.91 Å². The molecule has 0 bridgehead atoms. The van der Waals surface area contributed by atoms with E-state index in [4.69, 9.17) is 17.3 Å². The lowest BCUT2D eigenvalue weighted by Crippen LogP contribution is -2.50. The number of hydrogen-bond donors (Lipinski definition) is 2. The van der Waals surface area contributed by atoms with Gasteiger partial charge in [0, 0.05) is 0 Å². The van der Waals surface area contributed by atoms with Crippen LogP contribution in [-0.2, 0) is 4.79 Å². The number of amides is 1. The Hall–Kier alpha value is -1.13. The Kier molecular flexibility index (Phi) is 4.26. The number of anilines is 1. The number of nitrogens with one attached hydrogen (secondary N) is 1. The number of halogens is 1. The predicted molar refractivity (Wildman–Crippen MR) is 65.4 cm³/mol. The first-order chi connectivity index (χ1) is 7.51. The molecule has 88 valence electrons. The van der Waals surface area contributed by atoms with Crippen molar-refractivity contribution < 1.29 is 4.79 Å². The molecule has 3 N–H and O–H groups in total. The first-order valence-corrected chi connectivity index (χ1v) is 5.61. The Morgan fingerprint density at radius 2 is 2.12 bits per heavy atom. The fourth-order valence-corrected chi connectivity index (χ4v) is 1.39. The highest BCUT2D eigenvalue weighted by Crippen LogP contribution is 2.16. The summed E-state index contributed by atoms with van der Waals surface area (Å²) < 4.78 is 0. The molecule has 1 heterocycles. The summed E-state index contributed by atoms with van der Waals surface area (Å²) in [4.78, 5) is 15.8. The molecule has 1 amide bonds. The Bertz CT molecular complexity index is 360. The topological polar surface area (TPSA) is 68.0 Å². The van der Waals surface area contributed by atoms with Gasteiger partial charge in [0.15, 0.2) is 0 Å². The second kappa shape index (κ2) is 5.27. The third-order valence-corrected chi connectivity index (χ3v) is 2.92. The lowest BCUT2D eigenvalue weighted by atomic mass is 9.93. The van der Waals surface area contributed by atoms with Crippen molar-refractivity contribution in [1.29, 1.82) is 0 Å². The number of hydrogen-bond acceptors (Lipinski definition) is 3. The van der Waals surface area contributed by atoms with E-state index in [0.29, 0.717) is 23.7 Å². The SMILES string of the molecule is CCC(N)(CC)C(=O)Nc1ccc(Cl)nc1. The van der Waals surface area contributed by atoms with Gasteiger partial charge in [-0.3, -0.25) is 4.79 Å². The summed E-state index contributed by atoms with van der Waals surface area (Å²) >= 11 is 5.64. The summed E-state index contributed by atoms with van der Waals surface area (Å²) in [5.74, 6) is -0.193. The van der Waals surface area contributed by atoms with Crippen molar-refractivity contribution in [2.75, 3.05) is 5.32 Å². The van der Waals surface area contributed by atoms with E-state index in [0.717, 1.165) is 0 Å². The molecule has 0 fully saturated rings. The molecule has 1 aromatic heterocycles. The molecule has 0 saturated heterocycles. The second-order valence-electron chi connectivity index (χ2n) is 3.69. The highest BCUT2D eigenvalue weighted by atomic mass is 35.5. The van der Waals surface area contributed by atoms with Gasteiger partial charge in [0.25, 0.3) is 0 Å². The Morgan fingerprint density at radius 1 is 1.50 bits per heavy atom. The molecule has 0 aromatic carbocycles. The van der Waals surface area contributed by atoms with Gasteiger partial charge in [0.1, 0.15) is 5.15 Å². The van der Waals surface area contributed by atoms with Gasteiger partial charge in [-0.25, -0.2) is 4.98 Å². The van der Waals surface area contributed by atoms with E-state index >= 15 is 0 Å². The summed E-state index contributed by atoms with van der Waals surface area (Å²) in [6.07, 6.45) is 2.69. The van der Waals surface area contributed by atoms with Crippen molar-refractivity contribution in [3.8, 4) is 0 Å². The third-order valence-electron chi connectivity index (χ3n) is 2.70. The standard InChI is InChI=1S/C11H16ClN3O/c1-3-11(13,4-2)10(16)15-8-5-6-9(12)14-7-8/h5-7H,3-4,13H2,1-2H3,(H,15,16). The van der Waals surface area contributed by atoms with E-state index in [1.807, 2.05) is 13.8 Å². The molecule has 1 rings (SSSR count). The van der Waals surface area contributed by atoms with Crippen LogP contribution in [0, 0.1) is 0 Å². The average Bonchev–Trinajstić information content (AvgIpc) is 2.31. The van der Waals surface area contributed by atoms with Crippen LogP contribution in [0.25, 0.3) is 0 Å².